The van der Waals surface area contributed by atoms with E-state index in [-0.39, 0.29) is 5.82 Å². The summed E-state index contributed by atoms with van der Waals surface area (Å²) in [6, 6.07) is 6.33. The number of nitrogens with two attached hydrogens (primary N) is 1. The SMILES string of the molecule is NCCc1nnnn1-c1ccccc1F. The molecule has 1 aromatic carbocycles. The van der Waals surface area contributed by atoms with Crippen LogP contribution in [0.3, 0.4) is 0 Å². The standard InChI is InChI=1S/C9H10FN5/c10-7-3-1-2-4-8(7)15-9(5-6-11)12-13-14-15/h1-4H,5-6,11H2. The first-order valence-corrected chi connectivity index (χ1v) is 4.55. The van der Waals surface area contributed by atoms with E-state index in [0.29, 0.717) is 24.5 Å². The average Bonchev–Trinajstić information content (AvgIpc) is 2.67. The third kappa shape index (κ3) is 1.84. The number of halogens is 1. The Morgan fingerprint density at radius 3 is 2.87 bits per heavy atom. The van der Waals surface area contributed by atoms with Crippen LogP contribution >= 0.6 is 0 Å². The Morgan fingerprint density at radius 2 is 2.13 bits per heavy atom. The van der Waals surface area contributed by atoms with Gasteiger partial charge in [0.1, 0.15) is 11.5 Å². The van der Waals surface area contributed by atoms with Gasteiger partial charge in [-0.15, -0.1) is 5.10 Å². The first-order chi connectivity index (χ1) is 7.33. The Kier molecular flexibility index (Phi) is 2.68. The number of aromatic nitrogens is 4. The summed E-state index contributed by atoms with van der Waals surface area (Å²) in [5.41, 5.74) is 5.74. The molecule has 2 N–H and O–H groups in total. The van der Waals surface area contributed by atoms with Crippen LogP contribution in [0.25, 0.3) is 5.69 Å². The van der Waals surface area contributed by atoms with Crippen molar-refractivity contribution in [3.05, 3.63) is 35.9 Å². The molecule has 6 heteroatoms. The molecule has 0 saturated heterocycles. The number of nitrogens with zero attached hydrogens (tertiary/aromatic N) is 4. The van der Waals surface area contributed by atoms with Gasteiger partial charge in [-0.25, -0.2) is 4.39 Å². The quantitative estimate of drug-likeness (QED) is 0.786. The molecule has 0 aliphatic heterocycles. The lowest BCUT2D eigenvalue weighted by Gasteiger charge is -2.03. The molecule has 5 nitrogen and oxygen atoms in total. The highest BCUT2D eigenvalue weighted by atomic mass is 19.1. The average molecular weight is 207 g/mol. The van der Waals surface area contributed by atoms with Crippen LogP contribution in [-0.2, 0) is 6.42 Å². The zero-order valence-electron chi connectivity index (χ0n) is 7.97. The van der Waals surface area contributed by atoms with E-state index in [1.54, 1.807) is 18.2 Å². The topological polar surface area (TPSA) is 69.6 Å². The van der Waals surface area contributed by atoms with Gasteiger partial charge in [0.15, 0.2) is 5.82 Å². The number of benzene rings is 1. The van der Waals surface area contributed by atoms with Gasteiger partial charge in [-0.1, -0.05) is 12.1 Å². The second kappa shape index (κ2) is 4.14. The molecule has 0 unspecified atom stereocenters. The maximum absolute atomic E-state index is 13.4. The van der Waals surface area contributed by atoms with Crippen molar-refractivity contribution in [2.75, 3.05) is 6.54 Å². The lowest BCUT2D eigenvalue weighted by molar-refractivity contribution is 0.602. The van der Waals surface area contributed by atoms with Crippen molar-refractivity contribution in [3.8, 4) is 5.69 Å². The molecule has 0 fully saturated rings. The second-order valence-electron chi connectivity index (χ2n) is 3.00. The lowest BCUT2D eigenvalue weighted by Crippen LogP contribution is -2.10. The van der Waals surface area contributed by atoms with E-state index in [1.165, 1.54) is 10.7 Å². The Labute approximate surface area is 85.7 Å². The van der Waals surface area contributed by atoms with Crippen LogP contribution < -0.4 is 5.73 Å². The van der Waals surface area contributed by atoms with Crippen LogP contribution in [0, 0.1) is 5.82 Å². The summed E-state index contributed by atoms with van der Waals surface area (Å²) in [7, 11) is 0. The third-order valence-corrected chi connectivity index (χ3v) is 1.98. The fourth-order valence-electron chi connectivity index (χ4n) is 1.30. The van der Waals surface area contributed by atoms with Gasteiger partial charge >= 0.3 is 0 Å². The van der Waals surface area contributed by atoms with Crippen molar-refractivity contribution in [1.29, 1.82) is 0 Å². The summed E-state index contributed by atoms with van der Waals surface area (Å²) < 4.78 is 14.8. The van der Waals surface area contributed by atoms with Gasteiger partial charge in [0, 0.05) is 6.42 Å². The summed E-state index contributed by atoms with van der Waals surface area (Å²) in [6.45, 7) is 0.425. The Morgan fingerprint density at radius 1 is 1.33 bits per heavy atom. The van der Waals surface area contributed by atoms with Crippen LogP contribution in [0.1, 0.15) is 5.82 Å². The van der Waals surface area contributed by atoms with Gasteiger partial charge in [0.2, 0.25) is 0 Å². The molecule has 0 amide bonds. The number of tetrazole rings is 1. The van der Waals surface area contributed by atoms with E-state index >= 15 is 0 Å². The highest BCUT2D eigenvalue weighted by Gasteiger charge is 2.10. The highest BCUT2D eigenvalue weighted by Crippen LogP contribution is 2.12. The first-order valence-electron chi connectivity index (χ1n) is 4.55. The van der Waals surface area contributed by atoms with E-state index in [0.717, 1.165) is 0 Å². The Balaban J connectivity index is 2.45. The van der Waals surface area contributed by atoms with Gasteiger partial charge in [0.05, 0.1) is 0 Å². The molecule has 78 valence electrons. The maximum Gasteiger partial charge on any atom is 0.158 e. The second-order valence-corrected chi connectivity index (χ2v) is 3.00. The molecule has 0 saturated carbocycles. The molecule has 0 bridgehead atoms. The summed E-state index contributed by atoms with van der Waals surface area (Å²) in [4.78, 5) is 0. The van der Waals surface area contributed by atoms with Crippen molar-refractivity contribution in [2.45, 2.75) is 6.42 Å². The number of rotatable bonds is 3. The predicted octanol–water partition coefficient (Wildman–Crippen LogP) is 0.303. The fraction of sp³-hybridized carbons (Fsp3) is 0.222. The fourth-order valence-corrected chi connectivity index (χ4v) is 1.30. The first kappa shape index (κ1) is 9.72. The molecular formula is C9H10FN5. The normalized spacial score (nSPS) is 10.5. The number of hydrogen-bond acceptors (Lipinski definition) is 4. The Hall–Kier alpha value is -1.82. The summed E-state index contributed by atoms with van der Waals surface area (Å²) in [5, 5.41) is 11.0. The minimum atomic E-state index is -0.358. The van der Waals surface area contributed by atoms with Gasteiger partial charge in [-0.2, -0.15) is 4.68 Å². The van der Waals surface area contributed by atoms with Gasteiger partial charge in [-0.3, -0.25) is 0 Å². The van der Waals surface area contributed by atoms with Crippen LogP contribution in [0.4, 0.5) is 4.39 Å². The summed E-state index contributed by atoms with van der Waals surface area (Å²) in [6.07, 6.45) is 0.515. The molecule has 0 spiro atoms. The Bertz CT molecular complexity index is 453. The molecule has 1 aromatic heterocycles. The number of hydrogen-bond donors (Lipinski definition) is 1. The molecule has 0 aliphatic rings. The van der Waals surface area contributed by atoms with Crippen LogP contribution in [0.15, 0.2) is 24.3 Å². The van der Waals surface area contributed by atoms with Gasteiger partial charge in [-0.05, 0) is 29.1 Å². The van der Waals surface area contributed by atoms with Crippen LogP contribution in [-0.4, -0.2) is 26.8 Å². The third-order valence-electron chi connectivity index (χ3n) is 1.98. The van der Waals surface area contributed by atoms with Crippen molar-refractivity contribution in [3.63, 3.8) is 0 Å². The zero-order chi connectivity index (χ0) is 10.7. The summed E-state index contributed by atoms with van der Waals surface area (Å²) in [5.74, 6) is 0.200. The zero-order valence-corrected chi connectivity index (χ0v) is 7.97. The van der Waals surface area contributed by atoms with Crippen molar-refractivity contribution in [2.24, 2.45) is 5.73 Å². The number of para-hydroxylation sites is 1. The molecule has 2 aromatic rings. The maximum atomic E-state index is 13.4. The van der Waals surface area contributed by atoms with Crippen molar-refractivity contribution < 1.29 is 4.39 Å². The monoisotopic (exact) mass is 207 g/mol. The lowest BCUT2D eigenvalue weighted by atomic mass is 10.3. The summed E-state index contributed by atoms with van der Waals surface area (Å²) >= 11 is 0. The van der Waals surface area contributed by atoms with Gasteiger partial charge in [0.25, 0.3) is 0 Å². The molecule has 2 rings (SSSR count). The van der Waals surface area contributed by atoms with E-state index in [9.17, 15) is 4.39 Å². The minimum absolute atomic E-state index is 0.339. The van der Waals surface area contributed by atoms with Crippen molar-refractivity contribution >= 4 is 0 Å². The molecule has 0 aliphatic carbocycles. The van der Waals surface area contributed by atoms with Crippen molar-refractivity contribution in [1.82, 2.24) is 20.2 Å². The molecule has 0 radical (unpaired) electrons. The predicted molar refractivity (Wildman–Crippen MR) is 51.9 cm³/mol. The van der Waals surface area contributed by atoms with E-state index < -0.39 is 0 Å². The minimum Gasteiger partial charge on any atom is -0.330 e. The van der Waals surface area contributed by atoms with Crippen LogP contribution in [0.5, 0.6) is 0 Å². The molecule has 0 atom stereocenters. The smallest absolute Gasteiger partial charge is 0.158 e. The molecule has 1 heterocycles. The highest BCUT2D eigenvalue weighted by molar-refractivity contribution is 5.32. The van der Waals surface area contributed by atoms with E-state index in [4.69, 9.17) is 5.73 Å². The largest absolute Gasteiger partial charge is 0.330 e. The van der Waals surface area contributed by atoms with Gasteiger partial charge < -0.3 is 5.73 Å². The van der Waals surface area contributed by atoms with Crippen LogP contribution in [0.2, 0.25) is 0 Å². The molecular weight excluding hydrogens is 197 g/mol. The van der Waals surface area contributed by atoms with E-state index in [1.807, 2.05) is 0 Å². The van der Waals surface area contributed by atoms with E-state index in [2.05, 4.69) is 15.5 Å². The molecule has 15 heavy (non-hydrogen) atoms.